The molecule has 2 radical (unpaired) electrons. The minimum absolute atomic E-state index is 0.0406. The molecule has 0 fully saturated rings. The van der Waals surface area contributed by atoms with Crippen molar-refractivity contribution < 1.29 is 0 Å². The number of rotatable bonds is 2. The van der Waals surface area contributed by atoms with Gasteiger partial charge in [0.05, 0.1) is 0 Å². The maximum atomic E-state index is 12.0. The van der Waals surface area contributed by atoms with Crippen LogP contribution in [0.15, 0.2) is 59.4 Å². The lowest BCUT2D eigenvalue weighted by atomic mass is 9.94. The monoisotopic (exact) mass is 245 g/mol. The maximum Gasteiger partial charge on any atom is 0.251 e. The highest BCUT2D eigenvalue weighted by Crippen LogP contribution is 2.12. The van der Waals surface area contributed by atoms with Crippen molar-refractivity contribution in [3.05, 3.63) is 76.1 Å². The summed E-state index contributed by atoms with van der Waals surface area (Å²) in [5, 5.41) is 0.963. The highest BCUT2D eigenvalue weighted by molar-refractivity contribution is 6.33. The van der Waals surface area contributed by atoms with E-state index in [2.05, 4.69) is 4.98 Å². The maximum absolute atomic E-state index is 12.0. The summed E-state index contributed by atoms with van der Waals surface area (Å²) in [4.78, 5) is 14.9. The Balaban J connectivity index is 2.08. The van der Waals surface area contributed by atoms with Gasteiger partial charge in [0.1, 0.15) is 7.85 Å². The zero-order valence-corrected chi connectivity index (χ0v) is 10.4. The molecule has 0 atom stereocenters. The Morgan fingerprint density at radius 2 is 1.79 bits per heavy atom. The smallest absolute Gasteiger partial charge is 0.251 e. The largest absolute Gasteiger partial charge is 0.322 e. The van der Waals surface area contributed by atoms with Gasteiger partial charge < -0.3 is 4.98 Å². The summed E-state index contributed by atoms with van der Waals surface area (Å²) in [7, 11) is 5.77. The Morgan fingerprint density at radius 3 is 2.58 bits per heavy atom. The molecule has 0 aliphatic rings. The van der Waals surface area contributed by atoms with Crippen molar-refractivity contribution in [3.8, 4) is 0 Å². The Bertz CT molecular complexity index is 778. The summed E-state index contributed by atoms with van der Waals surface area (Å²) >= 11 is 0. The van der Waals surface area contributed by atoms with Gasteiger partial charge in [-0.1, -0.05) is 47.9 Å². The molecule has 0 saturated heterocycles. The number of pyridine rings is 1. The summed E-state index contributed by atoms with van der Waals surface area (Å²) in [5.41, 5.74) is 3.35. The van der Waals surface area contributed by atoms with Crippen molar-refractivity contribution in [3.63, 3.8) is 0 Å². The molecule has 0 aliphatic carbocycles. The summed E-state index contributed by atoms with van der Waals surface area (Å²) in [5.74, 6) is 0. The normalized spacial score (nSPS) is 10.7. The van der Waals surface area contributed by atoms with Crippen molar-refractivity contribution in [2.24, 2.45) is 0 Å². The van der Waals surface area contributed by atoms with Gasteiger partial charge in [0.25, 0.3) is 5.56 Å². The average molecular weight is 245 g/mol. The first-order valence-corrected chi connectivity index (χ1v) is 6.18. The zero-order chi connectivity index (χ0) is 13.2. The van der Waals surface area contributed by atoms with Crippen LogP contribution < -0.4 is 11.0 Å². The Hall–Kier alpha value is -2.29. The molecular formula is C16H12BNO. The third-order valence-electron chi connectivity index (χ3n) is 3.18. The molecule has 2 aromatic carbocycles. The number of hydrogen-bond acceptors (Lipinski definition) is 1. The molecule has 0 amide bonds. The lowest BCUT2D eigenvalue weighted by Gasteiger charge is -2.04. The lowest BCUT2D eigenvalue weighted by molar-refractivity contribution is 1.12. The van der Waals surface area contributed by atoms with E-state index in [0.29, 0.717) is 11.9 Å². The summed E-state index contributed by atoms with van der Waals surface area (Å²) < 4.78 is 0. The van der Waals surface area contributed by atoms with Crippen LogP contribution >= 0.6 is 0 Å². The van der Waals surface area contributed by atoms with Crippen LogP contribution in [0.25, 0.3) is 10.9 Å². The number of fused-ring (bicyclic) bond motifs is 1. The van der Waals surface area contributed by atoms with Gasteiger partial charge in [0.2, 0.25) is 0 Å². The van der Waals surface area contributed by atoms with Crippen LogP contribution in [0.1, 0.15) is 11.1 Å². The fraction of sp³-hybridized carbons (Fsp3) is 0.0625. The summed E-state index contributed by atoms with van der Waals surface area (Å²) in [6, 6.07) is 17.4. The fourth-order valence-electron chi connectivity index (χ4n) is 2.22. The summed E-state index contributed by atoms with van der Waals surface area (Å²) in [6.45, 7) is 0. The van der Waals surface area contributed by atoms with E-state index >= 15 is 0 Å². The molecule has 0 unspecified atom stereocenters. The third-order valence-corrected chi connectivity index (χ3v) is 3.18. The molecule has 1 N–H and O–H groups in total. The molecule has 0 bridgehead atoms. The van der Waals surface area contributed by atoms with Crippen molar-refractivity contribution in [1.82, 2.24) is 4.98 Å². The van der Waals surface area contributed by atoms with E-state index in [9.17, 15) is 4.79 Å². The van der Waals surface area contributed by atoms with E-state index in [0.717, 1.165) is 22.0 Å². The second-order valence-corrected chi connectivity index (χ2v) is 4.63. The summed E-state index contributed by atoms with van der Waals surface area (Å²) in [6.07, 6.45) is 0.626. The van der Waals surface area contributed by atoms with Gasteiger partial charge in [-0.15, -0.1) is 0 Å². The lowest BCUT2D eigenvalue weighted by Crippen LogP contribution is -2.13. The minimum Gasteiger partial charge on any atom is -0.322 e. The van der Waals surface area contributed by atoms with E-state index < -0.39 is 0 Å². The number of aromatic nitrogens is 1. The molecule has 19 heavy (non-hydrogen) atoms. The van der Waals surface area contributed by atoms with Crippen LogP contribution in [0.5, 0.6) is 0 Å². The minimum atomic E-state index is -0.0406. The van der Waals surface area contributed by atoms with Gasteiger partial charge >= 0.3 is 0 Å². The Morgan fingerprint density at radius 1 is 1.00 bits per heavy atom. The van der Waals surface area contributed by atoms with Crippen LogP contribution in [0.3, 0.4) is 0 Å². The molecule has 1 heterocycles. The number of hydrogen-bond donors (Lipinski definition) is 1. The number of aromatic amines is 1. The van der Waals surface area contributed by atoms with Crippen LogP contribution in [-0.2, 0) is 6.42 Å². The van der Waals surface area contributed by atoms with Gasteiger partial charge in [-0.2, -0.15) is 0 Å². The molecular weight excluding hydrogens is 233 g/mol. The third kappa shape index (κ3) is 2.45. The highest BCUT2D eigenvalue weighted by Gasteiger charge is 2.04. The average Bonchev–Trinajstić information content (AvgIpc) is 2.41. The second kappa shape index (κ2) is 4.77. The van der Waals surface area contributed by atoms with Gasteiger partial charge in [0.15, 0.2) is 0 Å². The van der Waals surface area contributed by atoms with E-state index in [1.807, 2.05) is 48.5 Å². The Labute approximate surface area is 112 Å². The van der Waals surface area contributed by atoms with Crippen LogP contribution in [0.4, 0.5) is 0 Å². The molecule has 3 heteroatoms. The van der Waals surface area contributed by atoms with Crippen molar-refractivity contribution in [2.45, 2.75) is 6.42 Å². The van der Waals surface area contributed by atoms with Crippen LogP contribution in [0.2, 0.25) is 0 Å². The first-order chi connectivity index (χ1) is 9.22. The van der Waals surface area contributed by atoms with E-state index in [1.54, 1.807) is 6.07 Å². The zero-order valence-electron chi connectivity index (χ0n) is 10.4. The predicted molar refractivity (Wildman–Crippen MR) is 79.2 cm³/mol. The van der Waals surface area contributed by atoms with Crippen LogP contribution in [0, 0.1) is 0 Å². The number of nitrogens with one attached hydrogen (secondary N) is 1. The van der Waals surface area contributed by atoms with Crippen molar-refractivity contribution in [2.75, 3.05) is 0 Å². The number of benzene rings is 2. The first kappa shape index (κ1) is 11.8. The molecule has 0 spiro atoms. The molecule has 1 aromatic heterocycles. The van der Waals surface area contributed by atoms with E-state index in [4.69, 9.17) is 7.85 Å². The fourth-order valence-corrected chi connectivity index (χ4v) is 2.22. The van der Waals surface area contributed by atoms with Gasteiger partial charge in [-0.3, -0.25) is 4.79 Å². The van der Waals surface area contributed by atoms with E-state index in [-0.39, 0.29) is 5.56 Å². The standard InChI is InChI=1S/C16H12BNO/c17-14-6-7-15-12(10-14)9-13(16(19)18-15)8-11-4-2-1-3-5-11/h1-7,9-10H,8H2,(H,18,19). The van der Waals surface area contributed by atoms with Gasteiger partial charge in [0, 0.05) is 17.5 Å². The molecule has 3 rings (SSSR count). The van der Waals surface area contributed by atoms with Crippen LogP contribution in [-0.4, -0.2) is 12.8 Å². The Kier molecular flexibility index (Phi) is 2.96. The molecule has 0 aliphatic heterocycles. The molecule has 3 aromatic rings. The SMILES string of the molecule is [B]c1ccc2[nH]c(=O)c(Cc3ccccc3)cc2c1. The van der Waals surface area contributed by atoms with Gasteiger partial charge in [-0.05, 0) is 23.1 Å². The van der Waals surface area contributed by atoms with E-state index in [1.165, 1.54) is 0 Å². The quantitative estimate of drug-likeness (QED) is 0.687. The number of H-pyrrole nitrogens is 1. The predicted octanol–water partition coefficient (Wildman–Crippen LogP) is 1.91. The first-order valence-electron chi connectivity index (χ1n) is 6.18. The topological polar surface area (TPSA) is 32.9 Å². The molecule has 90 valence electrons. The molecule has 2 nitrogen and oxygen atoms in total. The van der Waals surface area contributed by atoms with Crippen molar-refractivity contribution >= 4 is 24.2 Å². The molecule has 0 saturated carbocycles. The van der Waals surface area contributed by atoms with Gasteiger partial charge in [-0.25, -0.2) is 0 Å². The van der Waals surface area contributed by atoms with Crippen molar-refractivity contribution in [1.29, 1.82) is 0 Å². The highest BCUT2D eigenvalue weighted by atomic mass is 16.1. The second-order valence-electron chi connectivity index (χ2n) is 4.63.